The number of nitrogens with one attached hydrogen (secondary N) is 1. The summed E-state index contributed by atoms with van der Waals surface area (Å²) < 4.78 is 10.3. The summed E-state index contributed by atoms with van der Waals surface area (Å²) in [5, 5.41) is 11.5. The van der Waals surface area contributed by atoms with Crippen molar-refractivity contribution in [3.8, 4) is 10.8 Å². The van der Waals surface area contributed by atoms with Gasteiger partial charge in [-0.25, -0.2) is 0 Å². The molecule has 20 heavy (non-hydrogen) atoms. The quantitative estimate of drug-likeness (QED) is 0.746. The molecule has 0 fully saturated rings. The topological polar surface area (TPSA) is 81.2 Å². The van der Waals surface area contributed by atoms with Gasteiger partial charge in [0, 0.05) is 6.08 Å². The van der Waals surface area contributed by atoms with Crippen LogP contribution in [0.5, 0.6) is 0 Å². The summed E-state index contributed by atoms with van der Waals surface area (Å²) in [6.07, 6.45) is 6.04. The Kier molecular flexibility index (Phi) is 3.42. The maximum atomic E-state index is 11.7. The first-order valence-electron chi connectivity index (χ1n) is 5.71. The Labute approximate surface area is 117 Å². The van der Waals surface area contributed by atoms with Crippen LogP contribution in [0.3, 0.4) is 0 Å². The van der Waals surface area contributed by atoms with E-state index in [0.29, 0.717) is 21.7 Å². The predicted molar refractivity (Wildman–Crippen MR) is 74.0 cm³/mol. The molecule has 0 bridgehead atoms. The number of anilines is 1. The van der Waals surface area contributed by atoms with E-state index in [2.05, 4.69) is 15.5 Å². The van der Waals surface area contributed by atoms with Crippen LogP contribution in [0.15, 0.2) is 51.7 Å². The van der Waals surface area contributed by atoms with Gasteiger partial charge < -0.3 is 8.83 Å². The molecule has 100 valence electrons. The molecular weight excluding hydrogens is 278 g/mol. The van der Waals surface area contributed by atoms with Crippen molar-refractivity contribution in [2.45, 2.75) is 0 Å². The van der Waals surface area contributed by atoms with Crippen molar-refractivity contribution in [1.29, 1.82) is 0 Å². The first-order chi connectivity index (χ1) is 9.81. The Morgan fingerprint density at radius 1 is 1.20 bits per heavy atom. The van der Waals surface area contributed by atoms with Gasteiger partial charge in [-0.1, -0.05) is 11.3 Å². The van der Waals surface area contributed by atoms with E-state index in [1.54, 1.807) is 36.6 Å². The smallest absolute Gasteiger partial charge is 0.250 e. The van der Waals surface area contributed by atoms with E-state index < -0.39 is 0 Å². The monoisotopic (exact) mass is 287 g/mol. The molecule has 3 aromatic heterocycles. The fraction of sp³-hybridized carbons (Fsp3) is 0. The van der Waals surface area contributed by atoms with E-state index in [-0.39, 0.29) is 5.91 Å². The lowest BCUT2D eigenvalue weighted by Gasteiger charge is -1.93. The van der Waals surface area contributed by atoms with Crippen LogP contribution in [-0.4, -0.2) is 16.1 Å². The highest BCUT2D eigenvalue weighted by atomic mass is 32.1. The van der Waals surface area contributed by atoms with Gasteiger partial charge >= 0.3 is 0 Å². The normalized spacial score (nSPS) is 11.0. The van der Waals surface area contributed by atoms with E-state index in [9.17, 15) is 4.79 Å². The summed E-state index contributed by atoms with van der Waals surface area (Å²) in [5.41, 5.74) is 0. The number of hydrogen-bond acceptors (Lipinski definition) is 6. The summed E-state index contributed by atoms with van der Waals surface area (Å²) in [6.45, 7) is 0. The number of rotatable bonds is 4. The zero-order chi connectivity index (χ0) is 13.8. The van der Waals surface area contributed by atoms with Gasteiger partial charge in [-0.05, 0) is 30.3 Å². The van der Waals surface area contributed by atoms with Crippen molar-refractivity contribution < 1.29 is 13.6 Å². The molecule has 0 aliphatic heterocycles. The fourth-order valence-electron chi connectivity index (χ4n) is 1.46. The van der Waals surface area contributed by atoms with Crippen molar-refractivity contribution in [3.05, 3.63) is 48.6 Å². The zero-order valence-electron chi connectivity index (χ0n) is 10.1. The SMILES string of the molecule is O=C(/C=C/c1ccco1)Nc1nnc(-c2ccco2)s1. The van der Waals surface area contributed by atoms with Crippen LogP contribution in [-0.2, 0) is 4.79 Å². The first kappa shape index (κ1) is 12.4. The average Bonchev–Trinajstić information content (AvgIpc) is 3.18. The second-order valence-electron chi connectivity index (χ2n) is 3.73. The molecule has 1 amide bonds. The Morgan fingerprint density at radius 2 is 2.05 bits per heavy atom. The van der Waals surface area contributed by atoms with Crippen LogP contribution in [0.4, 0.5) is 5.13 Å². The Bertz CT molecular complexity index is 714. The molecule has 3 aromatic rings. The van der Waals surface area contributed by atoms with Crippen molar-refractivity contribution in [3.63, 3.8) is 0 Å². The third kappa shape index (κ3) is 2.83. The van der Waals surface area contributed by atoms with Gasteiger partial charge in [0.05, 0.1) is 12.5 Å². The maximum absolute atomic E-state index is 11.7. The summed E-state index contributed by atoms with van der Waals surface area (Å²) >= 11 is 1.24. The molecular formula is C13H9N3O3S. The molecule has 0 aliphatic rings. The molecule has 7 heteroatoms. The average molecular weight is 287 g/mol. The molecule has 0 unspecified atom stereocenters. The highest BCUT2D eigenvalue weighted by Crippen LogP contribution is 2.26. The molecule has 1 N–H and O–H groups in total. The number of carbonyl (C=O) groups excluding carboxylic acids is 1. The van der Waals surface area contributed by atoms with Gasteiger partial charge in [-0.15, -0.1) is 10.2 Å². The molecule has 0 saturated carbocycles. The van der Waals surface area contributed by atoms with Gasteiger partial charge in [0.1, 0.15) is 5.76 Å². The largest absolute Gasteiger partial charge is 0.465 e. The standard InChI is InChI=1S/C13H9N3O3S/c17-11(6-5-9-3-1-7-18-9)14-13-16-15-12(20-13)10-4-2-8-19-10/h1-8H,(H,14,16,17)/b6-5+. The lowest BCUT2D eigenvalue weighted by atomic mass is 10.4. The fourth-order valence-corrected chi connectivity index (χ4v) is 2.18. The highest BCUT2D eigenvalue weighted by Gasteiger charge is 2.09. The second kappa shape index (κ2) is 5.54. The lowest BCUT2D eigenvalue weighted by Crippen LogP contribution is -2.07. The summed E-state index contributed by atoms with van der Waals surface area (Å²) in [7, 11) is 0. The lowest BCUT2D eigenvalue weighted by molar-refractivity contribution is -0.111. The van der Waals surface area contributed by atoms with E-state index in [1.165, 1.54) is 23.7 Å². The number of carbonyl (C=O) groups is 1. The minimum atomic E-state index is -0.302. The molecule has 3 rings (SSSR count). The van der Waals surface area contributed by atoms with Crippen LogP contribution in [0.1, 0.15) is 5.76 Å². The van der Waals surface area contributed by atoms with Gasteiger partial charge in [0.25, 0.3) is 0 Å². The molecule has 3 heterocycles. The van der Waals surface area contributed by atoms with Crippen LogP contribution in [0, 0.1) is 0 Å². The first-order valence-corrected chi connectivity index (χ1v) is 6.53. The molecule has 0 atom stereocenters. The predicted octanol–water partition coefficient (Wildman–Crippen LogP) is 3.04. The molecule has 0 aromatic carbocycles. The number of furan rings is 2. The van der Waals surface area contributed by atoms with Crippen molar-refractivity contribution in [2.75, 3.05) is 5.32 Å². The van der Waals surface area contributed by atoms with Gasteiger partial charge in [0.2, 0.25) is 11.0 Å². The van der Waals surface area contributed by atoms with Crippen molar-refractivity contribution in [2.24, 2.45) is 0 Å². The molecule has 0 spiro atoms. The van der Waals surface area contributed by atoms with Crippen molar-refractivity contribution >= 4 is 28.5 Å². The second-order valence-corrected chi connectivity index (χ2v) is 4.71. The number of nitrogens with zero attached hydrogens (tertiary/aromatic N) is 2. The third-order valence-corrected chi connectivity index (χ3v) is 3.18. The highest BCUT2D eigenvalue weighted by molar-refractivity contribution is 7.18. The molecule has 0 aliphatic carbocycles. The third-order valence-electron chi connectivity index (χ3n) is 2.33. The van der Waals surface area contributed by atoms with E-state index in [0.717, 1.165) is 0 Å². The van der Waals surface area contributed by atoms with Crippen LogP contribution < -0.4 is 5.32 Å². The van der Waals surface area contributed by atoms with Gasteiger partial charge in [0.15, 0.2) is 10.8 Å². The Morgan fingerprint density at radius 3 is 2.80 bits per heavy atom. The number of aromatic nitrogens is 2. The van der Waals surface area contributed by atoms with Crippen LogP contribution in [0.25, 0.3) is 16.8 Å². The van der Waals surface area contributed by atoms with E-state index in [4.69, 9.17) is 8.83 Å². The van der Waals surface area contributed by atoms with Crippen molar-refractivity contribution in [1.82, 2.24) is 10.2 Å². The minimum absolute atomic E-state index is 0.302. The number of hydrogen-bond donors (Lipinski definition) is 1. The summed E-state index contributed by atoms with van der Waals surface area (Å²) in [5.74, 6) is 0.923. The summed E-state index contributed by atoms with van der Waals surface area (Å²) in [6, 6.07) is 7.05. The van der Waals surface area contributed by atoms with Gasteiger partial charge in [-0.3, -0.25) is 10.1 Å². The molecule has 0 saturated heterocycles. The maximum Gasteiger partial charge on any atom is 0.250 e. The van der Waals surface area contributed by atoms with Crippen LogP contribution >= 0.6 is 11.3 Å². The van der Waals surface area contributed by atoms with E-state index in [1.807, 2.05) is 0 Å². The zero-order valence-corrected chi connectivity index (χ0v) is 11.0. The molecule has 0 radical (unpaired) electrons. The van der Waals surface area contributed by atoms with Gasteiger partial charge in [-0.2, -0.15) is 0 Å². The number of amides is 1. The minimum Gasteiger partial charge on any atom is -0.465 e. The molecule has 6 nitrogen and oxygen atoms in total. The Balaban J connectivity index is 1.65. The Hall–Kier alpha value is -2.67. The van der Waals surface area contributed by atoms with E-state index >= 15 is 0 Å². The summed E-state index contributed by atoms with van der Waals surface area (Å²) in [4.78, 5) is 11.7. The van der Waals surface area contributed by atoms with Crippen LogP contribution in [0.2, 0.25) is 0 Å².